The van der Waals surface area contributed by atoms with E-state index in [1.54, 1.807) is 24.4 Å². The minimum absolute atomic E-state index is 0.304. The smallest absolute Gasteiger partial charge is 0.335 e. The SMILES string of the molecule is O=C(O)c1cccc(CN2CCCC2c2ncc[nH]2)c1. The zero-order valence-electron chi connectivity index (χ0n) is 11.1. The topological polar surface area (TPSA) is 69.2 Å². The third-order valence-electron chi connectivity index (χ3n) is 3.76. The molecule has 1 unspecified atom stereocenters. The first-order valence-corrected chi connectivity index (χ1v) is 6.79. The number of aromatic nitrogens is 2. The highest BCUT2D eigenvalue weighted by Gasteiger charge is 2.27. The number of rotatable bonds is 4. The molecule has 0 saturated carbocycles. The zero-order valence-corrected chi connectivity index (χ0v) is 11.1. The minimum Gasteiger partial charge on any atom is -0.478 e. The van der Waals surface area contributed by atoms with E-state index in [4.69, 9.17) is 5.11 Å². The van der Waals surface area contributed by atoms with Crippen LogP contribution in [0, 0.1) is 0 Å². The van der Waals surface area contributed by atoms with Crippen LogP contribution in [-0.2, 0) is 6.54 Å². The van der Waals surface area contributed by atoms with Gasteiger partial charge in [-0.15, -0.1) is 0 Å². The maximum absolute atomic E-state index is 11.0. The molecular formula is C15H17N3O2. The normalized spacial score (nSPS) is 19.3. The van der Waals surface area contributed by atoms with Gasteiger partial charge in [0.25, 0.3) is 0 Å². The van der Waals surface area contributed by atoms with Gasteiger partial charge in [0.15, 0.2) is 0 Å². The predicted molar refractivity (Wildman–Crippen MR) is 74.4 cm³/mol. The van der Waals surface area contributed by atoms with E-state index in [-0.39, 0.29) is 0 Å². The highest BCUT2D eigenvalue weighted by atomic mass is 16.4. The molecule has 0 spiro atoms. The van der Waals surface area contributed by atoms with Crippen molar-refractivity contribution in [3.8, 4) is 0 Å². The Labute approximate surface area is 117 Å². The van der Waals surface area contributed by atoms with E-state index in [1.165, 1.54) is 0 Å². The van der Waals surface area contributed by atoms with Crippen molar-refractivity contribution in [1.29, 1.82) is 0 Å². The van der Waals surface area contributed by atoms with Crippen LogP contribution < -0.4 is 0 Å². The number of carboxylic acid groups (broad SMARTS) is 1. The van der Waals surface area contributed by atoms with Gasteiger partial charge in [0.2, 0.25) is 0 Å². The standard InChI is InChI=1S/C15H17N3O2/c19-15(20)12-4-1-3-11(9-12)10-18-8-2-5-13(18)14-16-6-7-17-14/h1,3-4,6-7,9,13H,2,5,8,10H2,(H,16,17)(H,19,20). The van der Waals surface area contributed by atoms with Gasteiger partial charge in [-0.3, -0.25) is 4.90 Å². The number of likely N-dealkylation sites (tertiary alicyclic amines) is 1. The number of nitrogens with zero attached hydrogens (tertiary/aromatic N) is 2. The number of imidazole rings is 1. The van der Waals surface area contributed by atoms with Crippen LogP contribution in [0.2, 0.25) is 0 Å². The number of nitrogens with one attached hydrogen (secondary N) is 1. The van der Waals surface area contributed by atoms with Crippen molar-refractivity contribution in [2.24, 2.45) is 0 Å². The molecule has 1 saturated heterocycles. The summed E-state index contributed by atoms with van der Waals surface area (Å²) < 4.78 is 0. The first-order chi connectivity index (χ1) is 9.74. The maximum atomic E-state index is 11.0. The number of carbonyl (C=O) groups is 1. The van der Waals surface area contributed by atoms with Crippen molar-refractivity contribution in [2.75, 3.05) is 6.54 Å². The molecule has 2 aromatic rings. The van der Waals surface area contributed by atoms with Crippen LogP contribution >= 0.6 is 0 Å². The van der Waals surface area contributed by atoms with E-state index in [2.05, 4.69) is 14.9 Å². The molecule has 1 aromatic heterocycles. The summed E-state index contributed by atoms with van der Waals surface area (Å²) in [4.78, 5) is 20.9. The van der Waals surface area contributed by atoms with Crippen molar-refractivity contribution in [1.82, 2.24) is 14.9 Å². The highest BCUT2D eigenvalue weighted by Crippen LogP contribution is 2.31. The van der Waals surface area contributed by atoms with Crippen molar-refractivity contribution < 1.29 is 9.90 Å². The summed E-state index contributed by atoms with van der Waals surface area (Å²) in [5.41, 5.74) is 1.37. The third-order valence-corrected chi connectivity index (χ3v) is 3.76. The Morgan fingerprint density at radius 1 is 1.50 bits per heavy atom. The summed E-state index contributed by atoms with van der Waals surface area (Å²) in [6, 6.07) is 7.46. The molecule has 1 atom stereocenters. The van der Waals surface area contributed by atoms with E-state index >= 15 is 0 Å². The molecule has 0 radical (unpaired) electrons. The van der Waals surface area contributed by atoms with Crippen molar-refractivity contribution in [2.45, 2.75) is 25.4 Å². The fraction of sp³-hybridized carbons (Fsp3) is 0.333. The fourth-order valence-corrected chi connectivity index (χ4v) is 2.82. The number of aromatic carboxylic acids is 1. The molecule has 0 aliphatic carbocycles. The second kappa shape index (κ2) is 5.46. The van der Waals surface area contributed by atoms with Crippen molar-refractivity contribution in [3.05, 3.63) is 53.6 Å². The molecule has 5 heteroatoms. The van der Waals surface area contributed by atoms with Crippen LogP contribution in [0.4, 0.5) is 0 Å². The monoisotopic (exact) mass is 271 g/mol. The van der Waals surface area contributed by atoms with Gasteiger partial charge in [0.1, 0.15) is 5.82 Å². The largest absolute Gasteiger partial charge is 0.478 e. The zero-order chi connectivity index (χ0) is 13.9. The average molecular weight is 271 g/mol. The summed E-state index contributed by atoms with van der Waals surface area (Å²) in [6.07, 6.45) is 5.85. The van der Waals surface area contributed by atoms with E-state index in [1.807, 2.05) is 12.3 Å². The maximum Gasteiger partial charge on any atom is 0.335 e. The molecule has 1 aliphatic rings. The molecule has 1 aromatic carbocycles. The Kier molecular flexibility index (Phi) is 3.52. The molecule has 2 N–H and O–H groups in total. The van der Waals surface area contributed by atoms with Gasteiger partial charge in [-0.05, 0) is 37.1 Å². The molecule has 1 fully saturated rings. The lowest BCUT2D eigenvalue weighted by molar-refractivity contribution is 0.0696. The molecule has 2 heterocycles. The van der Waals surface area contributed by atoms with E-state index in [0.717, 1.165) is 37.3 Å². The number of aromatic amines is 1. The third kappa shape index (κ3) is 2.58. The predicted octanol–water partition coefficient (Wildman–Crippen LogP) is 2.45. The van der Waals surface area contributed by atoms with Crippen LogP contribution in [0.3, 0.4) is 0 Å². The average Bonchev–Trinajstić information content (AvgIpc) is 3.09. The van der Waals surface area contributed by atoms with Gasteiger partial charge < -0.3 is 10.1 Å². The quantitative estimate of drug-likeness (QED) is 0.896. The molecular weight excluding hydrogens is 254 g/mol. The second-order valence-corrected chi connectivity index (χ2v) is 5.11. The number of benzene rings is 1. The lowest BCUT2D eigenvalue weighted by atomic mass is 10.1. The van der Waals surface area contributed by atoms with E-state index in [0.29, 0.717) is 11.6 Å². The Hall–Kier alpha value is -2.14. The van der Waals surface area contributed by atoms with E-state index in [9.17, 15) is 4.79 Å². The van der Waals surface area contributed by atoms with Crippen LogP contribution in [0.5, 0.6) is 0 Å². The summed E-state index contributed by atoms with van der Waals surface area (Å²) in [5, 5.41) is 9.04. The number of H-pyrrole nitrogens is 1. The number of carboxylic acids is 1. The summed E-state index contributed by atoms with van der Waals surface area (Å²) in [7, 11) is 0. The Morgan fingerprint density at radius 2 is 2.40 bits per heavy atom. The van der Waals surface area contributed by atoms with Crippen LogP contribution in [-0.4, -0.2) is 32.5 Å². The van der Waals surface area contributed by atoms with Crippen LogP contribution in [0.1, 0.15) is 40.6 Å². The first kappa shape index (κ1) is 12.9. The molecule has 5 nitrogen and oxygen atoms in total. The van der Waals surface area contributed by atoms with E-state index < -0.39 is 5.97 Å². The second-order valence-electron chi connectivity index (χ2n) is 5.11. The molecule has 20 heavy (non-hydrogen) atoms. The molecule has 104 valence electrons. The first-order valence-electron chi connectivity index (χ1n) is 6.79. The molecule has 0 amide bonds. The van der Waals surface area contributed by atoms with Gasteiger partial charge in [-0.1, -0.05) is 12.1 Å². The molecule has 1 aliphatic heterocycles. The summed E-state index contributed by atoms with van der Waals surface area (Å²) >= 11 is 0. The lowest BCUT2D eigenvalue weighted by Gasteiger charge is -2.23. The van der Waals surface area contributed by atoms with Gasteiger partial charge in [-0.25, -0.2) is 9.78 Å². The Bertz CT molecular complexity index is 595. The summed E-state index contributed by atoms with van der Waals surface area (Å²) in [5.74, 6) is 0.118. The molecule has 3 rings (SSSR count). The van der Waals surface area contributed by atoms with Crippen molar-refractivity contribution in [3.63, 3.8) is 0 Å². The minimum atomic E-state index is -0.879. The number of hydrogen-bond acceptors (Lipinski definition) is 3. The number of hydrogen-bond donors (Lipinski definition) is 2. The van der Waals surface area contributed by atoms with Gasteiger partial charge in [-0.2, -0.15) is 0 Å². The van der Waals surface area contributed by atoms with Gasteiger partial charge >= 0.3 is 5.97 Å². The molecule has 0 bridgehead atoms. The summed E-state index contributed by atoms with van der Waals surface area (Å²) in [6.45, 7) is 1.77. The fourth-order valence-electron chi connectivity index (χ4n) is 2.82. The lowest BCUT2D eigenvalue weighted by Crippen LogP contribution is -2.23. The van der Waals surface area contributed by atoms with Crippen LogP contribution in [0.25, 0.3) is 0 Å². The highest BCUT2D eigenvalue weighted by molar-refractivity contribution is 5.87. The van der Waals surface area contributed by atoms with Crippen molar-refractivity contribution >= 4 is 5.97 Å². The van der Waals surface area contributed by atoms with Gasteiger partial charge in [0, 0.05) is 18.9 Å². The Morgan fingerprint density at radius 3 is 3.15 bits per heavy atom. The van der Waals surface area contributed by atoms with Gasteiger partial charge in [0.05, 0.1) is 11.6 Å². The van der Waals surface area contributed by atoms with Crippen LogP contribution in [0.15, 0.2) is 36.7 Å². The Balaban J connectivity index is 1.77.